The number of halogens is 1. The lowest BCUT2D eigenvalue weighted by atomic mass is 9.93. The molecule has 1 aromatic heterocycles. The Balaban J connectivity index is 0.00000289. The number of aliphatic imine (C=N–C) groups is 1. The first-order chi connectivity index (χ1) is 15.2. The van der Waals surface area contributed by atoms with Gasteiger partial charge in [-0.3, -0.25) is 4.99 Å². The van der Waals surface area contributed by atoms with Crippen LogP contribution in [0.25, 0.3) is 0 Å². The summed E-state index contributed by atoms with van der Waals surface area (Å²) in [5.41, 5.74) is 2.46. The van der Waals surface area contributed by atoms with Crippen LogP contribution >= 0.6 is 24.0 Å². The van der Waals surface area contributed by atoms with E-state index in [0.717, 1.165) is 58.1 Å². The highest BCUT2D eigenvalue weighted by Crippen LogP contribution is 2.27. The van der Waals surface area contributed by atoms with Gasteiger partial charge in [0.15, 0.2) is 5.96 Å². The second kappa shape index (κ2) is 12.6. The Morgan fingerprint density at radius 3 is 2.81 bits per heavy atom. The lowest BCUT2D eigenvalue weighted by Gasteiger charge is -2.39. The van der Waals surface area contributed by atoms with Gasteiger partial charge >= 0.3 is 0 Å². The predicted molar refractivity (Wildman–Crippen MR) is 137 cm³/mol. The molecule has 0 bridgehead atoms. The summed E-state index contributed by atoms with van der Waals surface area (Å²) in [4.78, 5) is 11.2. The minimum Gasteiger partial charge on any atom is -0.381 e. The fourth-order valence-electron chi connectivity index (χ4n) is 4.49. The van der Waals surface area contributed by atoms with E-state index in [-0.39, 0.29) is 24.0 Å². The largest absolute Gasteiger partial charge is 0.381 e. The van der Waals surface area contributed by atoms with Crippen LogP contribution in [0.3, 0.4) is 0 Å². The van der Waals surface area contributed by atoms with Crippen LogP contribution in [-0.2, 0) is 22.6 Å². The highest BCUT2D eigenvalue weighted by molar-refractivity contribution is 14.0. The second-order valence-corrected chi connectivity index (χ2v) is 8.63. The minimum absolute atomic E-state index is 0. The molecule has 2 atom stereocenters. The van der Waals surface area contributed by atoms with Crippen molar-refractivity contribution in [2.24, 2.45) is 10.9 Å². The maximum absolute atomic E-state index is 6.08. The molecule has 0 aliphatic carbocycles. The first-order valence-electron chi connectivity index (χ1n) is 11.4. The molecule has 7 nitrogen and oxygen atoms in total. The zero-order valence-electron chi connectivity index (χ0n) is 19.2. The summed E-state index contributed by atoms with van der Waals surface area (Å²) in [6, 6.07) is 9.05. The number of imidazole rings is 1. The second-order valence-electron chi connectivity index (χ2n) is 8.63. The van der Waals surface area contributed by atoms with E-state index >= 15 is 0 Å². The summed E-state index contributed by atoms with van der Waals surface area (Å²) >= 11 is 0. The number of piperidine rings is 1. The summed E-state index contributed by atoms with van der Waals surface area (Å²) in [6.45, 7) is 7.31. The van der Waals surface area contributed by atoms with E-state index in [2.05, 4.69) is 62.1 Å². The number of rotatable bonds is 6. The average molecular weight is 553 g/mol. The van der Waals surface area contributed by atoms with Crippen LogP contribution in [0.5, 0.6) is 0 Å². The van der Waals surface area contributed by atoms with Gasteiger partial charge < -0.3 is 24.3 Å². The van der Waals surface area contributed by atoms with E-state index in [1.807, 2.05) is 19.6 Å². The lowest BCUT2D eigenvalue weighted by Crippen LogP contribution is -2.48. The summed E-state index contributed by atoms with van der Waals surface area (Å²) < 4.78 is 13.7. The van der Waals surface area contributed by atoms with Crippen LogP contribution in [0.1, 0.15) is 43.4 Å². The van der Waals surface area contributed by atoms with Gasteiger partial charge in [0.1, 0.15) is 0 Å². The molecule has 1 N–H and O–H groups in total. The summed E-state index contributed by atoms with van der Waals surface area (Å²) in [7, 11) is 1.87. The number of nitrogens with zero attached hydrogens (tertiary/aromatic N) is 4. The molecule has 3 heterocycles. The Morgan fingerprint density at radius 1 is 1.25 bits per heavy atom. The van der Waals surface area contributed by atoms with Gasteiger partial charge in [-0.1, -0.05) is 31.2 Å². The third-order valence-corrected chi connectivity index (χ3v) is 6.43. The monoisotopic (exact) mass is 553 g/mol. The number of ether oxygens (including phenoxy) is 2. The number of hydrogen-bond donors (Lipinski definition) is 1. The number of likely N-dealkylation sites (tertiary alicyclic amines) is 1. The normalized spacial score (nSPS) is 22.4. The van der Waals surface area contributed by atoms with Crippen LogP contribution in [0.4, 0.5) is 0 Å². The molecule has 2 aromatic rings. The van der Waals surface area contributed by atoms with Gasteiger partial charge in [-0.05, 0) is 36.3 Å². The molecule has 2 fully saturated rings. The van der Waals surface area contributed by atoms with Crippen molar-refractivity contribution in [2.75, 3.05) is 33.4 Å². The number of benzene rings is 1. The molecule has 0 radical (unpaired) electrons. The zero-order chi connectivity index (χ0) is 21.5. The van der Waals surface area contributed by atoms with Crippen molar-refractivity contribution < 1.29 is 9.47 Å². The van der Waals surface area contributed by atoms with Gasteiger partial charge in [0.25, 0.3) is 0 Å². The Hall–Kier alpha value is -1.65. The standard InChI is InChI=1S/C24H35N5O2.HI/c1-19-6-10-28(16-23(19)29-11-9-26-18-29)24(25-2)27-15-20-4-3-5-21(14-20)17-31-22-7-12-30-13-8-22;/h3-5,9,11,14,18-19,22-23H,6-8,10,12-13,15-17H2,1-2H3,(H,25,27);1H. The van der Waals surface area contributed by atoms with Gasteiger partial charge in [0.2, 0.25) is 0 Å². The topological polar surface area (TPSA) is 63.9 Å². The van der Waals surface area contributed by atoms with Crippen LogP contribution in [0.2, 0.25) is 0 Å². The molecule has 1 aromatic carbocycles. The van der Waals surface area contributed by atoms with Crippen LogP contribution in [0, 0.1) is 5.92 Å². The van der Waals surface area contributed by atoms with E-state index in [1.54, 1.807) is 0 Å². The molecule has 0 spiro atoms. The Labute approximate surface area is 208 Å². The molecule has 32 heavy (non-hydrogen) atoms. The third kappa shape index (κ3) is 6.68. The molecule has 2 saturated heterocycles. The van der Waals surface area contributed by atoms with E-state index in [0.29, 0.717) is 24.7 Å². The Morgan fingerprint density at radius 2 is 2.06 bits per heavy atom. The maximum atomic E-state index is 6.08. The minimum atomic E-state index is 0. The number of hydrogen-bond acceptors (Lipinski definition) is 4. The fourth-order valence-corrected chi connectivity index (χ4v) is 4.49. The van der Waals surface area contributed by atoms with Crippen molar-refractivity contribution in [2.45, 2.75) is 51.5 Å². The quantitative estimate of drug-likeness (QED) is 0.335. The molecule has 4 rings (SSSR count). The summed E-state index contributed by atoms with van der Waals surface area (Å²) in [5.74, 6) is 1.58. The zero-order valence-corrected chi connectivity index (χ0v) is 21.5. The first kappa shape index (κ1) is 25.0. The van der Waals surface area contributed by atoms with E-state index < -0.39 is 0 Å². The molecule has 0 saturated carbocycles. The fraction of sp³-hybridized carbons (Fsp3) is 0.583. The molecule has 8 heteroatoms. The molecule has 2 aliphatic rings. The average Bonchev–Trinajstić information content (AvgIpc) is 3.35. The van der Waals surface area contributed by atoms with E-state index in [9.17, 15) is 0 Å². The first-order valence-corrected chi connectivity index (χ1v) is 11.4. The smallest absolute Gasteiger partial charge is 0.193 e. The molecule has 2 aliphatic heterocycles. The van der Waals surface area contributed by atoms with Crippen LogP contribution in [-0.4, -0.2) is 59.9 Å². The predicted octanol–water partition coefficient (Wildman–Crippen LogP) is 3.86. The summed E-state index contributed by atoms with van der Waals surface area (Å²) in [6.07, 6.45) is 9.29. The third-order valence-electron chi connectivity index (χ3n) is 6.43. The Bertz CT molecular complexity index is 839. The van der Waals surface area contributed by atoms with Gasteiger partial charge in [0.05, 0.1) is 25.1 Å². The van der Waals surface area contributed by atoms with Crippen molar-refractivity contribution in [3.05, 3.63) is 54.1 Å². The van der Waals surface area contributed by atoms with Gasteiger partial charge in [0, 0.05) is 52.3 Å². The SMILES string of the molecule is CN=C(NCc1cccc(COC2CCOCC2)c1)N1CCC(C)C(n2ccnc2)C1.I. The van der Waals surface area contributed by atoms with Crippen molar-refractivity contribution in [1.82, 2.24) is 19.8 Å². The molecular formula is C24H36IN5O2. The van der Waals surface area contributed by atoms with Crippen molar-refractivity contribution >= 4 is 29.9 Å². The van der Waals surface area contributed by atoms with Gasteiger partial charge in [-0.15, -0.1) is 24.0 Å². The molecule has 0 amide bonds. The highest BCUT2D eigenvalue weighted by Gasteiger charge is 2.28. The molecular weight excluding hydrogens is 517 g/mol. The van der Waals surface area contributed by atoms with E-state index in [4.69, 9.17) is 9.47 Å². The lowest BCUT2D eigenvalue weighted by molar-refractivity contribution is -0.0390. The molecule has 176 valence electrons. The highest BCUT2D eigenvalue weighted by atomic mass is 127. The van der Waals surface area contributed by atoms with Crippen molar-refractivity contribution in [3.8, 4) is 0 Å². The van der Waals surface area contributed by atoms with Gasteiger partial charge in [-0.2, -0.15) is 0 Å². The van der Waals surface area contributed by atoms with Gasteiger partial charge in [-0.25, -0.2) is 4.98 Å². The maximum Gasteiger partial charge on any atom is 0.193 e. The van der Waals surface area contributed by atoms with E-state index in [1.165, 1.54) is 11.1 Å². The number of nitrogens with one attached hydrogen (secondary N) is 1. The molecule has 2 unspecified atom stereocenters. The number of guanidine groups is 1. The summed E-state index contributed by atoms with van der Waals surface area (Å²) in [5, 5.41) is 3.56. The van der Waals surface area contributed by atoms with Crippen LogP contribution < -0.4 is 5.32 Å². The Kier molecular flexibility index (Phi) is 9.80. The van der Waals surface area contributed by atoms with Crippen LogP contribution in [0.15, 0.2) is 48.0 Å². The van der Waals surface area contributed by atoms with Crippen molar-refractivity contribution in [3.63, 3.8) is 0 Å². The van der Waals surface area contributed by atoms with Crippen molar-refractivity contribution in [1.29, 1.82) is 0 Å². The number of aromatic nitrogens is 2.